The lowest BCUT2D eigenvalue weighted by molar-refractivity contribution is -0.121. The summed E-state index contributed by atoms with van der Waals surface area (Å²) in [4.78, 5) is 24.5. The van der Waals surface area contributed by atoms with Crippen LogP contribution in [0.3, 0.4) is 0 Å². The van der Waals surface area contributed by atoms with Gasteiger partial charge in [-0.1, -0.05) is 0 Å². The molecule has 0 heterocycles. The molecule has 0 saturated heterocycles. The molecule has 3 amide bonds. The summed E-state index contributed by atoms with van der Waals surface area (Å²) in [6, 6.07) is 0.301. The Morgan fingerprint density at radius 2 is 1.88 bits per heavy atom. The number of hydrogen-bond donors (Lipinski definition) is 2. The average Bonchev–Trinajstić information content (AvgIpc) is 3.03. The molecule has 2 N–H and O–H groups in total. The molecule has 1 fully saturated rings. The van der Waals surface area contributed by atoms with E-state index in [1.807, 2.05) is 13.8 Å². The van der Waals surface area contributed by atoms with Crippen LogP contribution in [0.15, 0.2) is 0 Å². The molecule has 0 aromatic heterocycles. The summed E-state index contributed by atoms with van der Waals surface area (Å²) < 4.78 is 0. The van der Waals surface area contributed by atoms with Crippen LogP contribution in [-0.2, 0) is 4.79 Å². The molecule has 16 heavy (non-hydrogen) atoms. The van der Waals surface area contributed by atoms with Gasteiger partial charge >= 0.3 is 6.03 Å². The number of urea groups is 1. The van der Waals surface area contributed by atoms with Gasteiger partial charge < -0.3 is 15.5 Å². The van der Waals surface area contributed by atoms with Crippen LogP contribution in [0.25, 0.3) is 0 Å². The standard InChI is InChI=1S/C11H21N3O2/c1-3-14(4-2)11(16)12-8-7-10(15)13-9-5-6-9/h9H,3-8H2,1-2H3,(H,12,16)(H,13,15). The van der Waals surface area contributed by atoms with Gasteiger partial charge in [-0.15, -0.1) is 0 Å². The van der Waals surface area contributed by atoms with E-state index in [9.17, 15) is 9.59 Å². The first-order valence-electron chi connectivity index (χ1n) is 5.99. The second-order valence-corrected chi connectivity index (χ2v) is 4.00. The molecule has 0 unspecified atom stereocenters. The molecule has 0 atom stereocenters. The topological polar surface area (TPSA) is 61.4 Å². The van der Waals surface area contributed by atoms with Gasteiger partial charge in [0.2, 0.25) is 5.91 Å². The molecule has 5 heteroatoms. The molecule has 92 valence electrons. The van der Waals surface area contributed by atoms with E-state index >= 15 is 0 Å². The minimum absolute atomic E-state index is 0.0300. The van der Waals surface area contributed by atoms with Crippen molar-refractivity contribution in [1.29, 1.82) is 0 Å². The maximum atomic E-state index is 11.5. The van der Waals surface area contributed by atoms with Gasteiger partial charge in [0.15, 0.2) is 0 Å². The third-order valence-electron chi connectivity index (χ3n) is 2.62. The molecule has 0 radical (unpaired) electrons. The summed E-state index contributed by atoms with van der Waals surface area (Å²) >= 11 is 0. The van der Waals surface area contributed by atoms with Crippen LogP contribution in [0.1, 0.15) is 33.1 Å². The lowest BCUT2D eigenvalue weighted by Crippen LogP contribution is -2.41. The monoisotopic (exact) mass is 227 g/mol. The summed E-state index contributed by atoms with van der Waals surface area (Å²) in [5.74, 6) is 0.0300. The lowest BCUT2D eigenvalue weighted by Gasteiger charge is -2.18. The number of nitrogens with zero attached hydrogens (tertiary/aromatic N) is 1. The fourth-order valence-corrected chi connectivity index (χ4v) is 1.43. The van der Waals surface area contributed by atoms with Gasteiger partial charge in [0.25, 0.3) is 0 Å². The number of hydrogen-bond acceptors (Lipinski definition) is 2. The van der Waals surface area contributed by atoms with Gasteiger partial charge in [-0.2, -0.15) is 0 Å². The molecule has 0 aliphatic heterocycles. The summed E-state index contributed by atoms with van der Waals surface area (Å²) in [5, 5.41) is 5.62. The molecule has 1 aliphatic rings. The largest absolute Gasteiger partial charge is 0.353 e. The predicted molar refractivity (Wildman–Crippen MR) is 62.1 cm³/mol. The molecule has 0 aromatic rings. The lowest BCUT2D eigenvalue weighted by atomic mass is 10.4. The third kappa shape index (κ3) is 4.51. The molecule has 1 aliphatic carbocycles. The maximum Gasteiger partial charge on any atom is 0.317 e. The van der Waals surface area contributed by atoms with Crippen LogP contribution in [0.2, 0.25) is 0 Å². The smallest absolute Gasteiger partial charge is 0.317 e. The minimum atomic E-state index is -0.0933. The van der Waals surface area contributed by atoms with E-state index in [0.717, 1.165) is 12.8 Å². The van der Waals surface area contributed by atoms with Gasteiger partial charge in [-0.05, 0) is 26.7 Å². The normalized spacial score (nSPS) is 14.4. The van der Waals surface area contributed by atoms with E-state index < -0.39 is 0 Å². The first-order valence-corrected chi connectivity index (χ1v) is 5.99. The first-order chi connectivity index (χ1) is 7.67. The second-order valence-electron chi connectivity index (χ2n) is 4.00. The Kier molecular flexibility index (Phi) is 5.08. The average molecular weight is 227 g/mol. The Morgan fingerprint density at radius 1 is 1.25 bits per heavy atom. The van der Waals surface area contributed by atoms with E-state index in [4.69, 9.17) is 0 Å². The molecule has 1 saturated carbocycles. The SMILES string of the molecule is CCN(CC)C(=O)NCCC(=O)NC1CC1. The van der Waals surface area contributed by atoms with Crippen molar-refractivity contribution in [3.63, 3.8) is 0 Å². The number of amides is 3. The summed E-state index contributed by atoms with van der Waals surface area (Å²) in [6.45, 7) is 5.66. The number of rotatable bonds is 6. The third-order valence-corrected chi connectivity index (χ3v) is 2.62. The number of carbonyl (C=O) groups is 2. The van der Waals surface area contributed by atoms with E-state index in [0.29, 0.717) is 32.1 Å². The van der Waals surface area contributed by atoms with Crippen LogP contribution in [0.4, 0.5) is 4.79 Å². The Bertz CT molecular complexity index is 248. The number of carbonyl (C=O) groups excluding carboxylic acids is 2. The summed E-state index contributed by atoms with van der Waals surface area (Å²) in [7, 11) is 0. The van der Waals surface area contributed by atoms with Crippen molar-refractivity contribution in [3.05, 3.63) is 0 Å². The number of nitrogens with one attached hydrogen (secondary N) is 2. The van der Waals surface area contributed by atoms with E-state index in [1.54, 1.807) is 4.90 Å². The maximum absolute atomic E-state index is 11.5. The van der Waals surface area contributed by atoms with Crippen LogP contribution < -0.4 is 10.6 Å². The van der Waals surface area contributed by atoms with Crippen molar-refractivity contribution in [2.45, 2.75) is 39.2 Å². The Balaban J connectivity index is 2.08. The minimum Gasteiger partial charge on any atom is -0.353 e. The van der Waals surface area contributed by atoms with Crippen LogP contribution in [0, 0.1) is 0 Å². The first kappa shape index (κ1) is 12.8. The highest BCUT2D eigenvalue weighted by molar-refractivity contribution is 5.78. The van der Waals surface area contributed by atoms with Gasteiger partial charge in [0.1, 0.15) is 0 Å². The highest BCUT2D eigenvalue weighted by Gasteiger charge is 2.22. The zero-order valence-electron chi connectivity index (χ0n) is 10.1. The van der Waals surface area contributed by atoms with Crippen molar-refractivity contribution in [2.24, 2.45) is 0 Å². The molecular weight excluding hydrogens is 206 g/mol. The van der Waals surface area contributed by atoms with Crippen LogP contribution in [-0.4, -0.2) is 42.5 Å². The van der Waals surface area contributed by atoms with Crippen molar-refractivity contribution < 1.29 is 9.59 Å². The Labute approximate surface area is 96.6 Å². The van der Waals surface area contributed by atoms with Crippen molar-refractivity contribution in [2.75, 3.05) is 19.6 Å². The second kappa shape index (κ2) is 6.35. The van der Waals surface area contributed by atoms with Crippen LogP contribution >= 0.6 is 0 Å². The quantitative estimate of drug-likeness (QED) is 0.702. The highest BCUT2D eigenvalue weighted by atomic mass is 16.2. The van der Waals surface area contributed by atoms with Gasteiger partial charge in [-0.25, -0.2) is 4.79 Å². The van der Waals surface area contributed by atoms with Crippen molar-refractivity contribution in [3.8, 4) is 0 Å². The molecule has 1 rings (SSSR count). The van der Waals surface area contributed by atoms with Crippen LogP contribution in [0.5, 0.6) is 0 Å². The molecule has 5 nitrogen and oxygen atoms in total. The molecular formula is C11H21N3O2. The van der Waals surface area contributed by atoms with E-state index in [-0.39, 0.29) is 11.9 Å². The summed E-state index contributed by atoms with van der Waals surface area (Å²) in [6.07, 6.45) is 2.55. The highest BCUT2D eigenvalue weighted by Crippen LogP contribution is 2.18. The Hall–Kier alpha value is -1.26. The van der Waals surface area contributed by atoms with Crippen molar-refractivity contribution in [1.82, 2.24) is 15.5 Å². The Morgan fingerprint density at radius 3 is 2.38 bits per heavy atom. The fraction of sp³-hybridized carbons (Fsp3) is 0.818. The van der Waals surface area contributed by atoms with Gasteiger partial charge in [0.05, 0.1) is 0 Å². The molecule has 0 bridgehead atoms. The van der Waals surface area contributed by atoms with Gasteiger partial charge in [-0.3, -0.25) is 4.79 Å². The fourth-order valence-electron chi connectivity index (χ4n) is 1.43. The molecule has 0 spiro atoms. The van der Waals surface area contributed by atoms with Gasteiger partial charge in [0, 0.05) is 32.1 Å². The predicted octanol–water partition coefficient (Wildman–Crippen LogP) is 0.706. The molecule has 0 aromatic carbocycles. The summed E-state index contributed by atoms with van der Waals surface area (Å²) in [5.41, 5.74) is 0. The van der Waals surface area contributed by atoms with E-state index in [2.05, 4.69) is 10.6 Å². The zero-order chi connectivity index (χ0) is 12.0. The van der Waals surface area contributed by atoms with Crippen molar-refractivity contribution >= 4 is 11.9 Å². The van der Waals surface area contributed by atoms with E-state index in [1.165, 1.54) is 0 Å². The zero-order valence-corrected chi connectivity index (χ0v) is 10.1.